The van der Waals surface area contributed by atoms with Gasteiger partial charge in [0.2, 0.25) is 5.91 Å². The molecule has 1 aliphatic heterocycles. The summed E-state index contributed by atoms with van der Waals surface area (Å²) in [6.45, 7) is 5.36. The number of benzene rings is 1. The maximum atomic E-state index is 12.5. The molecule has 164 valence electrons. The van der Waals surface area contributed by atoms with Crippen molar-refractivity contribution in [2.45, 2.75) is 57.0 Å². The van der Waals surface area contributed by atoms with Crippen molar-refractivity contribution < 1.29 is 9.53 Å². The van der Waals surface area contributed by atoms with Gasteiger partial charge in [-0.25, -0.2) is 9.67 Å². The summed E-state index contributed by atoms with van der Waals surface area (Å²) in [5, 5.41) is 16.5. The first-order valence-electron chi connectivity index (χ1n) is 10.4. The minimum atomic E-state index is -0.0274. The highest BCUT2D eigenvalue weighted by Crippen LogP contribution is 2.22. The number of methoxy groups -OCH3 is 1. The van der Waals surface area contributed by atoms with Gasteiger partial charge in [-0.3, -0.25) is 9.36 Å². The Labute approximate surface area is 185 Å². The van der Waals surface area contributed by atoms with Gasteiger partial charge < -0.3 is 10.1 Å². The topological polar surface area (TPSA) is 99.8 Å². The van der Waals surface area contributed by atoms with Crippen LogP contribution in [0.5, 0.6) is 0 Å². The first-order chi connectivity index (χ1) is 15.0. The van der Waals surface area contributed by atoms with Gasteiger partial charge in [0, 0.05) is 25.3 Å². The van der Waals surface area contributed by atoms with E-state index in [9.17, 15) is 4.79 Å². The lowest BCUT2D eigenvalue weighted by molar-refractivity contribution is -0.119. The summed E-state index contributed by atoms with van der Waals surface area (Å²) >= 11 is 1.38. The molecule has 1 amide bonds. The fraction of sp³-hybridized carbons (Fsp3) is 0.476. The standard InChI is InChI=1S/C21H27N7O2S/c1-14(2)15-4-7-17(8-5-15)27-13-22-25-21(27)31-12-20(29)23-16-6-9-19-24-18(11-30-3)26-28(19)10-16/h4-5,7-8,13-14,16H,6,9-12H2,1-3H3,(H,23,29). The Balaban J connectivity index is 1.32. The van der Waals surface area contributed by atoms with Crippen molar-refractivity contribution in [2.24, 2.45) is 0 Å². The molecule has 9 nitrogen and oxygen atoms in total. The number of amides is 1. The monoisotopic (exact) mass is 441 g/mol. The zero-order valence-corrected chi connectivity index (χ0v) is 18.8. The lowest BCUT2D eigenvalue weighted by Gasteiger charge is -2.23. The number of fused-ring (bicyclic) bond motifs is 1. The molecule has 1 aliphatic rings. The molecule has 0 spiro atoms. The van der Waals surface area contributed by atoms with Crippen LogP contribution in [0, 0.1) is 0 Å². The number of aryl methyl sites for hydroxylation is 1. The van der Waals surface area contributed by atoms with Crippen molar-refractivity contribution in [3.63, 3.8) is 0 Å². The Hall–Kier alpha value is -2.72. The van der Waals surface area contributed by atoms with Gasteiger partial charge in [0.05, 0.1) is 12.3 Å². The molecule has 0 radical (unpaired) electrons. The van der Waals surface area contributed by atoms with E-state index in [1.54, 1.807) is 13.4 Å². The number of nitrogens with zero attached hydrogens (tertiary/aromatic N) is 6. The van der Waals surface area contributed by atoms with Gasteiger partial charge in [0.25, 0.3) is 0 Å². The second-order valence-electron chi connectivity index (χ2n) is 7.88. The van der Waals surface area contributed by atoms with E-state index in [-0.39, 0.29) is 17.7 Å². The minimum Gasteiger partial charge on any atom is -0.377 e. The molecule has 1 atom stereocenters. The zero-order valence-electron chi connectivity index (χ0n) is 18.0. The van der Waals surface area contributed by atoms with Crippen LogP contribution in [0.1, 0.15) is 43.4 Å². The summed E-state index contributed by atoms with van der Waals surface area (Å²) in [6.07, 6.45) is 3.31. The lowest BCUT2D eigenvalue weighted by atomic mass is 10.0. The van der Waals surface area contributed by atoms with Gasteiger partial charge >= 0.3 is 0 Å². The summed E-state index contributed by atoms with van der Waals surface area (Å²) < 4.78 is 8.87. The number of carbonyl (C=O) groups is 1. The second kappa shape index (κ2) is 9.61. The average molecular weight is 442 g/mol. The molecule has 3 heterocycles. The van der Waals surface area contributed by atoms with Gasteiger partial charge in [-0.2, -0.15) is 5.10 Å². The van der Waals surface area contributed by atoms with Gasteiger partial charge in [-0.15, -0.1) is 10.2 Å². The van der Waals surface area contributed by atoms with Crippen molar-refractivity contribution >= 4 is 17.7 Å². The van der Waals surface area contributed by atoms with Crippen molar-refractivity contribution in [1.29, 1.82) is 0 Å². The number of rotatable bonds is 8. The van der Waals surface area contributed by atoms with Crippen LogP contribution in [0.15, 0.2) is 35.7 Å². The van der Waals surface area contributed by atoms with Crippen LogP contribution in [0.3, 0.4) is 0 Å². The van der Waals surface area contributed by atoms with Crippen LogP contribution in [-0.2, 0) is 29.1 Å². The van der Waals surface area contributed by atoms with E-state index in [0.29, 0.717) is 30.1 Å². The maximum Gasteiger partial charge on any atom is 0.230 e. The molecule has 0 saturated heterocycles. The second-order valence-corrected chi connectivity index (χ2v) is 8.82. The predicted octanol–water partition coefficient (Wildman–Crippen LogP) is 2.35. The molecule has 0 fully saturated rings. The lowest BCUT2D eigenvalue weighted by Crippen LogP contribution is -2.42. The fourth-order valence-electron chi connectivity index (χ4n) is 3.59. The molecule has 1 aromatic carbocycles. The van der Waals surface area contributed by atoms with Gasteiger partial charge in [0.15, 0.2) is 11.0 Å². The number of hydrogen-bond donors (Lipinski definition) is 1. The smallest absolute Gasteiger partial charge is 0.230 e. The predicted molar refractivity (Wildman–Crippen MR) is 117 cm³/mol. The van der Waals surface area contributed by atoms with Crippen LogP contribution in [0.4, 0.5) is 0 Å². The summed E-state index contributed by atoms with van der Waals surface area (Å²) in [6, 6.07) is 8.37. The van der Waals surface area contributed by atoms with Gasteiger partial charge in [0.1, 0.15) is 18.8 Å². The molecule has 2 aromatic heterocycles. The Morgan fingerprint density at radius 3 is 2.87 bits per heavy atom. The molecule has 31 heavy (non-hydrogen) atoms. The minimum absolute atomic E-state index is 0.0274. The van der Waals surface area contributed by atoms with E-state index in [4.69, 9.17) is 4.74 Å². The first kappa shape index (κ1) is 21.5. The average Bonchev–Trinajstić information content (AvgIpc) is 3.38. The number of nitrogens with one attached hydrogen (secondary N) is 1. The van der Waals surface area contributed by atoms with Crippen molar-refractivity contribution in [1.82, 2.24) is 34.8 Å². The number of thioether (sulfide) groups is 1. The van der Waals surface area contributed by atoms with Crippen LogP contribution in [0.25, 0.3) is 5.69 Å². The highest BCUT2D eigenvalue weighted by molar-refractivity contribution is 7.99. The van der Waals surface area contributed by atoms with Crippen LogP contribution < -0.4 is 5.32 Å². The highest BCUT2D eigenvalue weighted by atomic mass is 32.2. The third-order valence-corrected chi connectivity index (χ3v) is 6.17. The third-order valence-electron chi connectivity index (χ3n) is 5.23. The molecule has 10 heteroatoms. The summed E-state index contributed by atoms with van der Waals surface area (Å²) in [5.41, 5.74) is 2.26. The zero-order chi connectivity index (χ0) is 21.8. The Morgan fingerprint density at radius 2 is 2.13 bits per heavy atom. The molecule has 1 N–H and O–H groups in total. The summed E-state index contributed by atoms with van der Waals surface area (Å²) in [4.78, 5) is 17.0. The Morgan fingerprint density at radius 1 is 1.32 bits per heavy atom. The highest BCUT2D eigenvalue weighted by Gasteiger charge is 2.23. The van der Waals surface area contributed by atoms with Crippen molar-refractivity contribution in [2.75, 3.05) is 12.9 Å². The third kappa shape index (κ3) is 5.13. The number of aromatic nitrogens is 6. The van der Waals surface area contributed by atoms with Crippen LogP contribution in [0.2, 0.25) is 0 Å². The molecule has 3 aromatic rings. The largest absolute Gasteiger partial charge is 0.377 e. The maximum absolute atomic E-state index is 12.5. The van der Waals surface area contributed by atoms with E-state index in [1.807, 2.05) is 9.25 Å². The molecular formula is C21H27N7O2S. The number of hydrogen-bond acceptors (Lipinski definition) is 7. The van der Waals surface area contributed by atoms with E-state index in [2.05, 4.69) is 63.7 Å². The Kier molecular flexibility index (Phi) is 6.67. The molecule has 1 unspecified atom stereocenters. The molecule has 0 saturated carbocycles. The van der Waals surface area contributed by atoms with E-state index >= 15 is 0 Å². The SMILES string of the molecule is COCc1nc2n(n1)CC(NC(=O)CSc1nncn1-c1ccc(C(C)C)cc1)CC2. The van der Waals surface area contributed by atoms with Gasteiger partial charge in [-0.1, -0.05) is 37.7 Å². The van der Waals surface area contributed by atoms with Crippen molar-refractivity contribution in [3.05, 3.63) is 47.8 Å². The Bertz CT molecular complexity index is 1030. The molecule has 4 rings (SSSR count). The number of ether oxygens (including phenoxy) is 1. The number of carbonyl (C=O) groups excluding carboxylic acids is 1. The fourth-order valence-corrected chi connectivity index (χ4v) is 4.33. The quantitative estimate of drug-likeness (QED) is 0.536. The first-order valence-corrected chi connectivity index (χ1v) is 11.4. The van der Waals surface area contributed by atoms with E-state index < -0.39 is 0 Å². The van der Waals surface area contributed by atoms with Gasteiger partial charge in [-0.05, 0) is 30.0 Å². The summed E-state index contributed by atoms with van der Waals surface area (Å²) in [5.74, 6) is 2.36. The van der Waals surface area contributed by atoms with E-state index in [1.165, 1.54) is 17.3 Å². The van der Waals surface area contributed by atoms with Crippen molar-refractivity contribution in [3.8, 4) is 5.69 Å². The van der Waals surface area contributed by atoms with E-state index in [0.717, 1.165) is 24.4 Å². The molecule has 0 bridgehead atoms. The molecular weight excluding hydrogens is 414 g/mol. The van der Waals surface area contributed by atoms with Crippen LogP contribution >= 0.6 is 11.8 Å². The molecule has 0 aliphatic carbocycles. The van der Waals surface area contributed by atoms with Crippen LogP contribution in [-0.4, -0.2) is 54.3 Å². The normalized spacial score (nSPS) is 15.8. The summed E-state index contributed by atoms with van der Waals surface area (Å²) in [7, 11) is 1.63.